The molecule has 3 rings (SSSR count). The first-order chi connectivity index (χ1) is 14.2. The smallest absolute Gasteiger partial charge is 0.276 e. The van der Waals surface area contributed by atoms with Gasteiger partial charge in [-0.05, 0) is 55.0 Å². The fourth-order valence-electron chi connectivity index (χ4n) is 2.51. The van der Waals surface area contributed by atoms with E-state index in [1.54, 1.807) is 17.8 Å². The second-order valence-electron chi connectivity index (χ2n) is 6.26. The van der Waals surface area contributed by atoms with Crippen LogP contribution >= 0.6 is 23.6 Å². The summed E-state index contributed by atoms with van der Waals surface area (Å²) < 4.78 is 5.69. The van der Waals surface area contributed by atoms with Crippen molar-refractivity contribution in [3.8, 4) is 16.3 Å². The van der Waals surface area contributed by atoms with Gasteiger partial charge >= 0.3 is 0 Å². The van der Waals surface area contributed by atoms with E-state index < -0.39 is 0 Å². The molecule has 6 nitrogen and oxygen atoms in total. The Hall–Kier alpha value is -2.84. The van der Waals surface area contributed by atoms with Crippen LogP contribution in [-0.2, 0) is 0 Å². The number of rotatable bonds is 8. The first-order valence-electron chi connectivity index (χ1n) is 9.37. The Morgan fingerprint density at radius 3 is 2.62 bits per heavy atom. The second kappa shape index (κ2) is 10.6. The Labute approximate surface area is 179 Å². The van der Waals surface area contributed by atoms with E-state index in [1.165, 1.54) is 17.8 Å². The van der Waals surface area contributed by atoms with Crippen LogP contribution in [0.5, 0.6) is 5.75 Å². The number of carbonyl (C=O) groups is 1. The molecule has 0 bridgehead atoms. The molecule has 0 aliphatic heterocycles. The molecule has 3 aromatic rings. The first kappa shape index (κ1) is 20.9. The van der Waals surface area contributed by atoms with Crippen LogP contribution in [0.4, 0.5) is 5.69 Å². The summed E-state index contributed by atoms with van der Waals surface area (Å²) in [6.07, 6.45) is 6.76. The van der Waals surface area contributed by atoms with Gasteiger partial charge in [0.05, 0.1) is 6.61 Å². The molecular weight excluding hydrogens is 404 g/mol. The summed E-state index contributed by atoms with van der Waals surface area (Å²) in [6.45, 7) is 2.88. The van der Waals surface area contributed by atoms with E-state index in [9.17, 15) is 4.79 Å². The van der Waals surface area contributed by atoms with Gasteiger partial charge in [0.25, 0.3) is 5.91 Å². The number of unbranched alkanes of at least 4 members (excludes halogenated alkanes) is 2. The Morgan fingerprint density at radius 2 is 1.90 bits per heavy atom. The molecule has 2 heterocycles. The molecule has 0 unspecified atom stereocenters. The maximum Gasteiger partial charge on any atom is 0.276 e. The van der Waals surface area contributed by atoms with Crippen molar-refractivity contribution in [2.45, 2.75) is 26.2 Å². The molecule has 0 aliphatic rings. The summed E-state index contributed by atoms with van der Waals surface area (Å²) in [5.41, 5.74) is 2.01. The maximum atomic E-state index is 12.4. The van der Waals surface area contributed by atoms with E-state index in [1.807, 2.05) is 36.4 Å². The van der Waals surface area contributed by atoms with Crippen LogP contribution in [0.1, 0.15) is 36.7 Å². The van der Waals surface area contributed by atoms with Gasteiger partial charge in [0, 0.05) is 29.0 Å². The third kappa shape index (κ3) is 6.33. The van der Waals surface area contributed by atoms with E-state index in [-0.39, 0.29) is 11.0 Å². The van der Waals surface area contributed by atoms with Gasteiger partial charge in [-0.3, -0.25) is 15.1 Å². The molecule has 0 spiro atoms. The van der Waals surface area contributed by atoms with E-state index in [0.29, 0.717) is 12.3 Å². The van der Waals surface area contributed by atoms with Crippen LogP contribution in [0.3, 0.4) is 0 Å². The summed E-state index contributed by atoms with van der Waals surface area (Å²) in [6, 6.07) is 11.2. The Balaban J connectivity index is 1.50. The van der Waals surface area contributed by atoms with Crippen LogP contribution in [-0.4, -0.2) is 27.6 Å². The quantitative estimate of drug-likeness (QED) is 0.394. The number of hydrogen-bond donors (Lipinski definition) is 2. The van der Waals surface area contributed by atoms with Crippen molar-refractivity contribution in [3.05, 3.63) is 59.9 Å². The minimum atomic E-state index is -0.352. The summed E-state index contributed by atoms with van der Waals surface area (Å²) >= 11 is 6.63. The molecule has 0 saturated heterocycles. The third-order valence-corrected chi connectivity index (χ3v) is 5.12. The zero-order chi connectivity index (χ0) is 20.5. The van der Waals surface area contributed by atoms with E-state index >= 15 is 0 Å². The van der Waals surface area contributed by atoms with Crippen molar-refractivity contribution in [1.82, 2.24) is 15.3 Å². The summed E-state index contributed by atoms with van der Waals surface area (Å²) in [5, 5.41) is 8.33. The number of anilines is 1. The fourth-order valence-corrected chi connectivity index (χ4v) is 3.53. The number of amides is 1. The van der Waals surface area contributed by atoms with Crippen molar-refractivity contribution < 1.29 is 9.53 Å². The minimum absolute atomic E-state index is 0.213. The van der Waals surface area contributed by atoms with Crippen molar-refractivity contribution in [1.29, 1.82) is 0 Å². The normalized spacial score (nSPS) is 10.4. The number of thiazole rings is 1. The lowest BCUT2D eigenvalue weighted by Gasteiger charge is -2.10. The standard InChI is InChI=1S/C21H22N4O2S2/c1-2-3-4-13-27-17-7-5-16(6-8-17)23-21(28)25-19(26)18-14-29-20(24-18)15-9-11-22-12-10-15/h5-12,14H,2-4,13H2,1H3,(H2,23,25,26,28). The molecular formula is C21H22N4O2S2. The number of carbonyl (C=O) groups excluding carboxylic acids is 1. The van der Waals surface area contributed by atoms with Crippen molar-refractivity contribution >= 4 is 40.3 Å². The molecule has 150 valence electrons. The molecule has 0 atom stereocenters. The van der Waals surface area contributed by atoms with Gasteiger partial charge in [-0.1, -0.05) is 19.8 Å². The lowest BCUT2D eigenvalue weighted by atomic mass is 10.2. The van der Waals surface area contributed by atoms with Crippen LogP contribution in [0.15, 0.2) is 54.2 Å². The highest BCUT2D eigenvalue weighted by Gasteiger charge is 2.13. The summed E-state index contributed by atoms with van der Waals surface area (Å²) in [5.74, 6) is 0.461. The molecule has 0 aliphatic carbocycles. The number of ether oxygens (including phenoxy) is 1. The Kier molecular flexibility index (Phi) is 7.66. The number of aromatic nitrogens is 2. The van der Waals surface area contributed by atoms with Crippen molar-refractivity contribution in [2.24, 2.45) is 0 Å². The van der Waals surface area contributed by atoms with Gasteiger partial charge in [-0.25, -0.2) is 4.98 Å². The molecule has 1 aromatic carbocycles. The highest BCUT2D eigenvalue weighted by molar-refractivity contribution is 7.80. The predicted molar refractivity (Wildman–Crippen MR) is 120 cm³/mol. The van der Waals surface area contributed by atoms with Crippen LogP contribution < -0.4 is 15.4 Å². The Morgan fingerprint density at radius 1 is 1.14 bits per heavy atom. The number of thiocarbonyl (C=S) groups is 1. The predicted octanol–water partition coefficient (Wildman–Crippen LogP) is 4.90. The molecule has 0 fully saturated rings. The van der Waals surface area contributed by atoms with Crippen molar-refractivity contribution in [2.75, 3.05) is 11.9 Å². The zero-order valence-corrected chi connectivity index (χ0v) is 17.7. The maximum absolute atomic E-state index is 12.4. The monoisotopic (exact) mass is 426 g/mol. The average Bonchev–Trinajstić information content (AvgIpc) is 3.23. The van der Waals surface area contributed by atoms with Gasteiger partial charge in [0.15, 0.2) is 5.11 Å². The van der Waals surface area contributed by atoms with E-state index in [0.717, 1.165) is 34.8 Å². The lowest BCUT2D eigenvalue weighted by molar-refractivity contribution is 0.0973. The van der Waals surface area contributed by atoms with Gasteiger partial charge in [0.1, 0.15) is 16.5 Å². The van der Waals surface area contributed by atoms with Gasteiger partial charge < -0.3 is 10.1 Å². The molecule has 1 amide bonds. The Bertz CT molecular complexity index is 943. The lowest BCUT2D eigenvalue weighted by Crippen LogP contribution is -2.34. The highest BCUT2D eigenvalue weighted by atomic mass is 32.1. The number of pyridine rings is 1. The number of hydrogen-bond acceptors (Lipinski definition) is 6. The number of nitrogens with zero attached hydrogens (tertiary/aromatic N) is 2. The molecule has 0 radical (unpaired) electrons. The summed E-state index contributed by atoms with van der Waals surface area (Å²) in [7, 11) is 0. The van der Waals surface area contributed by atoms with Crippen molar-refractivity contribution in [3.63, 3.8) is 0 Å². The topological polar surface area (TPSA) is 76.1 Å². The average molecular weight is 427 g/mol. The molecule has 8 heteroatoms. The largest absolute Gasteiger partial charge is 0.494 e. The molecule has 2 N–H and O–H groups in total. The first-order valence-corrected chi connectivity index (χ1v) is 10.7. The SMILES string of the molecule is CCCCCOc1ccc(NC(=S)NC(=O)c2csc(-c3ccncc3)n2)cc1. The van der Waals surface area contributed by atoms with E-state index in [2.05, 4.69) is 27.5 Å². The number of benzene rings is 1. The van der Waals surface area contributed by atoms with E-state index in [4.69, 9.17) is 17.0 Å². The second-order valence-corrected chi connectivity index (χ2v) is 7.53. The zero-order valence-electron chi connectivity index (χ0n) is 16.1. The van der Waals surface area contributed by atoms with Gasteiger partial charge in [0.2, 0.25) is 0 Å². The third-order valence-electron chi connectivity index (χ3n) is 4.02. The van der Waals surface area contributed by atoms with Crippen LogP contribution in [0.25, 0.3) is 10.6 Å². The summed E-state index contributed by atoms with van der Waals surface area (Å²) in [4.78, 5) is 20.7. The van der Waals surface area contributed by atoms with Crippen LogP contribution in [0.2, 0.25) is 0 Å². The van der Waals surface area contributed by atoms with Crippen LogP contribution in [0, 0.1) is 0 Å². The highest BCUT2D eigenvalue weighted by Crippen LogP contribution is 2.22. The van der Waals surface area contributed by atoms with Gasteiger partial charge in [-0.15, -0.1) is 11.3 Å². The fraction of sp³-hybridized carbons (Fsp3) is 0.238. The molecule has 0 saturated carbocycles. The number of nitrogens with one attached hydrogen (secondary N) is 2. The molecule has 29 heavy (non-hydrogen) atoms. The van der Waals surface area contributed by atoms with Gasteiger partial charge in [-0.2, -0.15) is 0 Å². The molecule has 2 aromatic heterocycles. The minimum Gasteiger partial charge on any atom is -0.494 e.